The van der Waals surface area contributed by atoms with Crippen LogP contribution >= 0.6 is 0 Å². The predicted octanol–water partition coefficient (Wildman–Crippen LogP) is 12.7. The van der Waals surface area contributed by atoms with Crippen LogP contribution in [0.1, 0.15) is 48.6 Å². The van der Waals surface area contributed by atoms with Gasteiger partial charge in [-0.1, -0.05) is 129 Å². The highest BCUT2D eigenvalue weighted by Crippen LogP contribution is 2.55. The van der Waals surface area contributed by atoms with Crippen LogP contribution in [0.4, 0.5) is 17.1 Å². The van der Waals surface area contributed by atoms with Gasteiger partial charge in [0, 0.05) is 27.6 Å². The molecule has 0 spiro atoms. The van der Waals surface area contributed by atoms with Crippen molar-refractivity contribution < 1.29 is 4.42 Å². The molecule has 1 atom stereocenters. The fraction of sp³-hybridized carbons (Fsp3) is 0.106. The number of benzene rings is 7. The molecule has 0 radical (unpaired) electrons. The van der Waals surface area contributed by atoms with Gasteiger partial charge in [-0.25, -0.2) is 0 Å². The molecule has 0 fully saturated rings. The first-order valence-corrected chi connectivity index (χ1v) is 17.2. The first-order valence-electron chi connectivity index (χ1n) is 17.2. The van der Waals surface area contributed by atoms with Crippen LogP contribution in [0, 0.1) is 0 Å². The van der Waals surface area contributed by atoms with Crippen LogP contribution in [0.25, 0.3) is 44.2 Å². The molecule has 0 N–H and O–H groups in total. The summed E-state index contributed by atoms with van der Waals surface area (Å²) in [5.41, 5.74) is 16.7. The Bertz CT molecular complexity index is 2610. The third kappa shape index (κ3) is 3.83. The molecule has 0 amide bonds. The summed E-state index contributed by atoms with van der Waals surface area (Å²) in [5.74, 6) is 0. The van der Waals surface area contributed by atoms with E-state index in [-0.39, 0.29) is 10.8 Å². The van der Waals surface area contributed by atoms with Gasteiger partial charge in [0.05, 0.1) is 11.1 Å². The topological polar surface area (TPSA) is 16.4 Å². The monoisotopic (exact) mass is 629 g/mol. The number of hydrogen-bond donors (Lipinski definition) is 0. The van der Waals surface area contributed by atoms with Crippen molar-refractivity contribution in [2.75, 3.05) is 4.90 Å². The molecule has 0 aliphatic heterocycles. The molecule has 1 aromatic heterocycles. The Hall–Kier alpha value is -5.86. The largest absolute Gasteiger partial charge is 0.456 e. The first kappa shape index (κ1) is 28.2. The lowest BCUT2D eigenvalue weighted by atomic mass is 9.74. The Kier molecular flexibility index (Phi) is 5.79. The van der Waals surface area contributed by atoms with Crippen molar-refractivity contribution in [1.82, 2.24) is 0 Å². The number of fused-ring (bicyclic) bond motifs is 9. The lowest BCUT2D eigenvalue weighted by Gasteiger charge is -2.31. The molecule has 49 heavy (non-hydrogen) atoms. The molecule has 8 aromatic rings. The van der Waals surface area contributed by atoms with Crippen molar-refractivity contribution in [3.05, 3.63) is 186 Å². The fourth-order valence-corrected chi connectivity index (χ4v) is 8.92. The van der Waals surface area contributed by atoms with Crippen LogP contribution in [0.5, 0.6) is 0 Å². The van der Waals surface area contributed by atoms with E-state index in [0.29, 0.717) is 0 Å². The number of rotatable bonds is 4. The van der Waals surface area contributed by atoms with Gasteiger partial charge in [0.25, 0.3) is 0 Å². The Balaban J connectivity index is 1.26. The Labute approximate surface area is 286 Å². The van der Waals surface area contributed by atoms with Gasteiger partial charge in [0.2, 0.25) is 0 Å². The molecule has 2 aliphatic rings. The average molecular weight is 630 g/mol. The van der Waals surface area contributed by atoms with E-state index in [4.69, 9.17) is 4.42 Å². The second-order valence-electron chi connectivity index (χ2n) is 14.3. The van der Waals surface area contributed by atoms with Crippen LogP contribution in [-0.2, 0) is 10.8 Å². The van der Waals surface area contributed by atoms with E-state index in [0.717, 1.165) is 39.0 Å². The molecular weight excluding hydrogens is 595 g/mol. The van der Waals surface area contributed by atoms with Crippen LogP contribution in [0.3, 0.4) is 0 Å². The SMILES string of the molecule is CC1(C)c2ccccc2-c2cc(N(c3ccc4c(c3)C(C)(c3ccccc3)c3ccccc3-4)c3cccc4oc5ccccc5c34)ccc21. The zero-order valence-corrected chi connectivity index (χ0v) is 27.9. The predicted molar refractivity (Wildman–Crippen MR) is 203 cm³/mol. The normalized spacial score (nSPS) is 16.7. The average Bonchev–Trinajstić information content (AvgIpc) is 3.73. The van der Waals surface area contributed by atoms with Gasteiger partial charge in [0.1, 0.15) is 11.2 Å². The molecule has 234 valence electrons. The smallest absolute Gasteiger partial charge is 0.137 e. The quantitative estimate of drug-likeness (QED) is 0.193. The molecule has 2 aliphatic carbocycles. The number of furan rings is 1. The molecular formula is C47H35NO. The summed E-state index contributed by atoms with van der Waals surface area (Å²) >= 11 is 0. The number of nitrogens with zero attached hydrogens (tertiary/aromatic N) is 1. The maximum absolute atomic E-state index is 6.44. The van der Waals surface area contributed by atoms with Crippen molar-refractivity contribution in [2.45, 2.75) is 31.6 Å². The Morgan fingerprint density at radius 3 is 1.90 bits per heavy atom. The number of hydrogen-bond acceptors (Lipinski definition) is 2. The second kappa shape index (κ2) is 10.1. The lowest BCUT2D eigenvalue weighted by Crippen LogP contribution is -2.22. The zero-order chi connectivity index (χ0) is 32.9. The van der Waals surface area contributed by atoms with Crippen LogP contribution in [-0.4, -0.2) is 0 Å². The molecule has 0 saturated carbocycles. The molecule has 7 aromatic carbocycles. The van der Waals surface area contributed by atoms with E-state index in [1.807, 2.05) is 6.07 Å². The minimum Gasteiger partial charge on any atom is -0.456 e. The Morgan fingerprint density at radius 2 is 1.06 bits per heavy atom. The van der Waals surface area contributed by atoms with Gasteiger partial charge < -0.3 is 9.32 Å². The van der Waals surface area contributed by atoms with E-state index in [1.165, 1.54) is 50.1 Å². The lowest BCUT2D eigenvalue weighted by molar-refractivity contribution is 0.660. The van der Waals surface area contributed by atoms with Gasteiger partial charge in [-0.05, 0) is 99.5 Å². The third-order valence-electron chi connectivity index (χ3n) is 11.4. The molecule has 1 unspecified atom stereocenters. The second-order valence-corrected chi connectivity index (χ2v) is 14.3. The van der Waals surface area contributed by atoms with Crippen LogP contribution in [0.2, 0.25) is 0 Å². The molecule has 2 heteroatoms. The Morgan fingerprint density at radius 1 is 0.449 bits per heavy atom. The number of para-hydroxylation sites is 1. The van der Waals surface area contributed by atoms with Gasteiger partial charge in [-0.15, -0.1) is 0 Å². The highest BCUT2D eigenvalue weighted by molar-refractivity contribution is 6.13. The fourth-order valence-electron chi connectivity index (χ4n) is 8.92. The third-order valence-corrected chi connectivity index (χ3v) is 11.4. The summed E-state index contributed by atoms with van der Waals surface area (Å²) in [6.07, 6.45) is 0. The minimum atomic E-state index is -0.301. The van der Waals surface area contributed by atoms with Gasteiger partial charge in [-0.2, -0.15) is 0 Å². The van der Waals surface area contributed by atoms with Gasteiger partial charge in [-0.3, -0.25) is 0 Å². The van der Waals surface area contributed by atoms with E-state index in [1.54, 1.807) is 0 Å². The summed E-state index contributed by atoms with van der Waals surface area (Å²) in [7, 11) is 0. The highest BCUT2D eigenvalue weighted by Gasteiger charge is 2.41. The van der Waals surface area contributed by atoms with Crippen molar-refractivity contribution in [1.29, 1.82) is 0 Å². The maximum atomic E-state index is 6.44. The van der Waals surface area contributed by atoms with Gasteiger partial charge in [0.15, 0.2) is 0 Å². The molecule has 2 nitrogen and oxygen atoms in total. The number of anilines is 3. The van der Waals surface area contributed by atoms with E-state index < -0.39 is 0 Å². The van der Waals surface area contributed by atoms with Gasteiger partial charge >= 0.3 is 0 Å². The summed E-state index contributed by atoms with van der Waals surface area (Å²) < 4.78 is 6.44. The zero-order valence-electron chi connectivity index (χ0n) is 27.9. The molecule has 0 bridgehead atoms. The van der Waals surface area contributed by atoms with Crippen molar-refractivity contribution in [3.8, 4) is 22.3 Å². The van der Waals surface area contributed by atoms with Crippen molar-refractivity contribution in [3.63, 3.8) is 0 Å². The van der Waals surface area contributed by atoms with Crippen LogP contribution < -0.4 is 4.90 Å². The maximum Gasteiger partial charge on any atom is 0.137 e. The van der Waals surface area contributed by atoms with E-state index >= 15 is 0 Å². The van der Waals surface area contributed by atoms with E-state index in [2.05, 4.69) is 177 Å². The van der Waals surface area contributed by atoms with Crippen LogP contribution in [0.15, 0.2) is 162 Å². The standard InChI is InChI=1S/C47H35NO/c1-46(2)38-19-10-7-17-34(38)37-28-31(25-27-39(37)46)48(42-21-13-23-44-45(42)36-18-9-12-22-43(36)49-44)32-24-26-35-33-16-8-11-20-40(33)47(3,41(35)29-32)30-14-5-4-6-15-30/h4-29H,1-3H3. The summed E-state index contributed by atoms with van der Waals surface area (Å²) in [6.45, 7) is 7.08. The highest BCUT2D eigenvalue weighted by atomic mass is 16.3. The first-order chi connectivity index (χ1) is 23.9. The summed E-state index contributed by atoms with van der Waals surface area (Å²) in [6, 6.07) is 57.8. The van der Waals surface area contributed by atoms with E-state index in [9.17, 15) is 0 Å². The molecule has 1 heterocycles. The van der Waals surface area contributed by atoms with Crippen molar-refractivity contribution >= 4 is 39.0 Å². The van der Waals surface area contributed by atoms with Crippen molar-refractivity contribution in [2.24, 2.45) is 0 Å². The summed E-state index contributed by atoms with van der Waals surface area (Å²) in [5, 5.41) is 2.24. The molecule has 0 saturated heterocycles. The summed E-state index contributed by atoms with van der Waals surface area (Å²) in [4.78, 5) is 2.45. The molecule has 10 rings (SSSR count). The minimum absolute atomic E-state index is 0.0626.